The molecule has 0 aromatic carbocycles. The maximum Gasteiger partial charge on any atom is 0.265 e. The SMILES string of the molecule is CC(C)(CCCn1[nH]c(=O)ccc1=O)C(N)=S. The molecule has 17 heavy (non-hydrogen) atoms. The zero-order valence-corrected chi connectivity index (χ0v) is 10.8. The van der Waals surface area contributed by atoms with Crippen molar-refractivity contribution in [3.05, 3.63) is 32.8 Å². The van der Waals surface area contributed by atoms with Gasteiger partial charge in [-0.05, 0) is 12.8 Å². The molecule has 0 unspecified atom stereocenters. The molecule has 6 heteroatoms. The first-order valence-corrected chi connectivity index (χ1v) is 5.84. The molecule has 1 aromatic heterocycles. The summed E-state index contributed by atoms with van der Waals surface area (Å²) in [6.45, 7) is 4.39. The van der Waals surface area contributed by atoms with Crippen LogP contribution in [0.1, 0.15) is 26.7 Å². The third-order valence-corrected chi connectivity index (χ3v) is 3.29. The lowest BCUT2D eigenvalue weighted by atomic mass is 9.88. The van der Waals surface area contributed by atoms with Crippen molar-refractivity contribution in [2.75, 3.05) is 0 Å². The smallest absolute Gasteiger partial charge is 0.265 e. The minimum Gasteiger partial charge on any atom is -0.393 e. The molecule has 0 fully saturated rings. The maximum absolute atomic E-state index is 11.4. The van der Waals surface area contributed by atoms with Gasteiger partial charge in [0.05, 0.1) is 4.99 Å². The Morgan fingerprint density at radius 3 is 2.71 bits per heavy atom. The van der Waals surface area contributed by atoms with Crippen LogP contribution in [-0.4, -0.2) is 14.8 Å². The zero-order chi connectivity index (χ0) is 13.1. The molecule has 1 heterocycles. The second kappa shape index (κ2) is 5.27. The molecule has 0 radical (unpaired) electrons. The average Bonchev–Trinajstić information content (AvgIpc) is 2.22. The summed E-state index contributed by atoms with van der Waals surface area (Å²) in [5.74, 6) is 0. The van der Waals surface area contributed by atoms with E-state index >= 15 is 0 Å². The predicted molar refractivity (Wildman–Crippen MR) is 71.1 cm³/mol. The summed E-state index contributed by atoms with van der Waals surface area (Å²) in [5, 5.41) is 2.48. The van der Waals surface area contributed by atoms with Crippen LogP contribution < -0.4 is 16.9 Å². The first kappa shape index (κ1) is 13.6. The molecule has 0 bridgehead atoms. The number of aromatic amines is 1. The molecule has 0 saturated carbocycles. The monoisotopic (exact) mass is 255 g/mol. The Kier molecular flexibility index (Phi) is 4.22. The Bertz CT molecular complexity index is 516. The van der Waals surface area contributed by atoms with Gasteiger partial charge >= 0.3 is 0 Å². The molecule has 1 rings (SSSR count). The van der Waals surface area contributed by atoms with E-state index in [4.69, 9.17) is 18.0 Å². The summed E-state index contributed by atoms with van der Waals surface area (Å²) in [5.41, 5.74) is 4.89. The van der Waals surface area contributed by atoms with Crippen molar-refractivity contribution in [2.45, 2.75) is 33.2 Å². The van der Waals surface area contributed by atoms with Crippen LogP contribution >= 0.6 is 12.2 Å². The van der Waals surface area contributed by atoms with E-state index in [1.807, 2.05) is 13.8 Å². The van der Waals surface area contributed by atoms with Crippen LogP contribution in [0.15, 0.2) is 21.7 Å². The van der Waals surface area contributed by atoms with Crippen molar-refractivity contribution in [1.82, 2.24) is 9.78 Å². The number of hydrogen-bond acceptors (Lipinski definition) is 3. The van der Waals surface area contributed by atoms with Crippen LogP contribution in [0.3, 0.4) is 0 Å². The van der Waals surface area contributed by atoms with Gasteiger partial charge in [-0.3, -0.25) is 19.4 Å². The van der Waals surface area contributed by atoms with Crippen LogP contribution in [-0.2, 0) is 6.54 Å². The predicted octanol–water partition coefficient (Wildman–Crippen LogP) is 0.629. The molecule has 0 saturated heterocycles. The molecular formula is C11H17N3O2S. The van der Waals surface area contributed by atoms with Gasteiger partial charge in [0.25, 0.3) is 11.1 Å². The highest BCUT2D eigenvalue weighted by molar-refractivity contribution is 7.80. The van der Waals surface area contributed by atoms with Gasteiger partial charge < -0.3 is 5.73 Å². The fraction of sp³-hybridized carbons (Fsp3) is 0.545. The molecule has 5 nitrogen and oxygen atoms in total. The number of nitrogens with one attached hydrogen (secondary N) is 1. The third kappa shape index (κ3) is 3.81. The van der Waals surface area contributed by atoms with Gasteiger partial charge in [-0.2, -0.15) is 0 Å². The zero-order valence-electron chi connectivity index (χ0n) is 10.0. The number of nitrogens with two attached hydrogens (primary N) is 1. The van der Waals surface area contributed by atoms with Crippen LogP contribution in [0.5, 0.6) is 0 Å². The van der Waals surface area contributed by atoms with Gasteiger partial charge in [0.15, 0.2) is 0 Å². The normalized spacial score (nSPS) is 11.4. The summed E-state index contributed by atoms with van der Waals surface area (Å²) in [7, 11) is 0. The first-order chi connectivity index (χ1) is 7.83. The molecule has 0 amide bonds. The van der Waals surface area contributed by atoms with E-state index < -0.39 is 0 Å². The summed E-state index contributed by atoms with van der Waals surface area (Å²) in [6.07, 6.45) is 1.50. The van der Waals surface area contributed by atoms with E-state index in [2.05, 4.69) is 5.10 Å². The number of thiocarbonyl (C=S) groups is 1. The van der Waals surface area contributed by atoms with Crippen LogP contribution in [0.25, 0.3) is 0 Å². The highest BCUT2D eigenvalue weighted by Gasteiger charge is 2.20. The first-order valence-electron chi connectivity index (χ1n) is 5.43. The van der Waals surface area contributed by atoms with E-state index in [-0.39, 0.29) is 16.5 Å². The molecule has 0 spiro atoms. The van der Waals surface area contributed by atoms with Gasteiger partial charge in [-0.25, -0.2) is 0 Å². The topological polar surface area (TPSA) is 80.9 Å². The molecule has 1 aromatic rings. The summed E-state index contributed by atoms with van der Waals surface area (Å²) in [6, 6.07) is 2.48. The summed E-state index contributed by atoms with van der Waals surface area (Å²) >= 11 is 4.96. The number of rotatable bonds is 5. The number of hydrogen-bond donors (Lipinski definition) is 2. The highest BCUT2D eigenvalue weighted by Crippen LogP contribution is 2.22. The largest absolute Gasteiger partial charge is 0.393 e. The quantitative estimate of drug-likeness (QED) is 0.756. The average molecular weight is 255 g/mol. The van der Waals surface area contributed by atoms with Crippen molar-refractivity contribution in [1.29, 1.82) is 0 Å². The Labute approximate surface area is 105 Å². The van der Waals surface area contributed by atoms with Crippen molar-refractivity contribution in [3.8, 4) is 0 Å². The maximum atomic E-state index is 11.4. The van der Waals surface area contributed by atoms with Crippen LogP contribution in [0.4, 0.5) is 0 Å². The molecule has 3 N–H and O–H groups in total. The lowest BCUT2D eigenvalue weighted by Gasteiger charge is -2.22. The Morgan fingerprint density at radius 1 is 1.47 bits per heavy atom. The van der Waals surface area contributed by atoms with Gasteiger partial charge in [0.2, 0.25) is 0 Å². The Morgan fingerprint density at radius 2 is 2.12 bits per heavy atom. The van der Waals surface area contributed by atoms with Gasteiger partial charge in [0, 0.05) is 24.1 Å². The third-order valence-electron chi connectivity index (χ3n) is 2.74. The number of nitrogens with zero attached hydrogens (tertiary/aromatic N) is 1. The number of H-pyrrole nitrogens is 1. The van der Waals surface area contributed by atoms with Crippen molar-refractivity contribution in [3.63, 3.8) is 0 Å². The van der Waals surface area contributed by atoms with Crippen molar-refractivity contribution < 1.29 is 0 Å². The van der Waals surface area contributed by atoms with Crippen molar-refractivity contribution in [2.24, 2.45) is 11.1 Å². The number of aryl methyl sites for hydroxylation is 1. The van der Waals surface area contributed by atoms with E-state index in [0.29, 0.717) is 11.5 Å². The van der Waals surface area contributed by atoms with Crippen LogP contribution in [0, 0.1) is 5.41 Å². The van der Waals surface area contributed by atoms with Gasteiger partial charge in [0.1, 0.15) is 0 Å². The highest BCUT2D eigenvalue weighted by atomic mass is 32.1. The second-order valence-corrected chi connectivity index (χ2v) is 5.09. The van der Waals surface area contributed by atoms with E-state index in [9.17, 15) is 9.59 Å². The van der Waals surface area contributed by atoms with Crippen LogP contribution in [0.2, 0.25) is 0 Å². The molecular weight excluding hydrogens is 238 g/mol. The lowest BCUT2D eigenvalue weighted by molar-refractivity contribution is 0.418. The lowest BCUT2D eigenvalue weighted by Crippen LogP contribution is -2.31. The minimum atomic E-state index is -0.279. The molecule has 0 atom stereocenters. The molecule has 0 aliphatic carbocycles. The molecule has 0 aliphatic heterocycles. The van der Waals surface area contributed by atoms with E-state index in [0.717, 1.165) is 12.8 Å². The standard InChI is InChI=1S/C11H17N3O2S/c1-11(2,10(12)17)6-3-7-14-9(16)5-4-8(15)13-14/h4-5H,3,6-7H2,1-2H3,(H2,12,17)(H,13,15). The molecule has 94 valence electrons. The van der Waals surface area contributed by atoms with E-state index in [1.54, 1.807) is 0 Å². The minimum absolute atomic E-state index is 0.210. The fourth-order valence-corrected chi connectivity index (χ4v) is 1.53. The van der Waals surface area contributed by atoms with E-state index in [1.165, 1.54) is 16.8 Å². The van der Waals surface area contributed by atoms with Gasteiger partial charge in [-0.15, -0.1) is 0 Å². The number of aromatic nitrogens is 2. The summed E-state index contributed by atoms with van der Waals surface area (Å²) in [4.78, 5) is 22.9. The fourth-order valence-electron chi connectivity index (χ4n) is 1.43. The van der Waals surface area contributed by atoms with Gasteiger partial charge in [-0.1, -0.05) is 26.1 Å². The Balaban J connectivity index is 2.63. The summed E-state index contributed by atoms with van der Waals surface area (Å²) < 4.78 is 1.30. The van der Waals surface area contributed by atoms with Crippen molar-refractivity contribution >= 4 is 17.2 Å². The Hall–Kier alpha value is -1.43. The molecule has 0 aliphatic rings. The second-order valence-electron chi connectivity index (χ2n) is 4.65.